The van der Waals surface area contributed by atoms with Crippen LogP contribution >= 0.6 is 12.4 Å². The first-order chi connectivity index (χ1) is 10.8. The Hall–Kier alpha value is -1.06. The molecule has 4 rings (SSSR count). The first-order valence-corrected chi connectivity index (χ1v) is 8.84. The van der Waals surface area contributed by atoms with Gasteiger partial charge in [-0.1, -0.05) is 37.1 Å². The molecule has 3 aliphatic rings. The molecule has 0 bridgehead atoms. The Morgan fingerprint density at radius 1 is 1.22 bits per heavy atom. The predicted octanol–water partition coefficient (Wildman–Crippen LogP) is 2.72. The van der Waals surface area contributed by atoms with Crippen LogP contribution in [0.15, 0.2) is 24.3 Å². The fourth-order valence-electron chi connectivity index (χ4n) is 4.90. The van der Waals surface area contributed by atoms with E-state index in [1.807, 2.05) is 0 Å². The lowest BCUT2D eigenvalue weighted by Crippen LogP contribution is -2.48. The van der Waals surface area contributed by atoms with Crippen molar-refractivity contribution in [2.45, 2.75) is 38.5 Å². The standard InChI is InChI=1S/C19H26N2O.ClH/c22-18(19-8-4-3-7-17(19)12-20-13-19)21-11-14-9-15-5-1-2-6-16(15)10-14;/h1-2,5-6,14,17,20H,3-4,7-13H2,(H,21,22);1H/t17-,19+;/m0./s1. The van der Waals surface area contributed by atoms with Crippen LogP contribution in [0, 0.1) is 17.3 Å². The van der Waals surface area contributed by atoms with E-state index in [1.165, 1.54) is 30.4 Å². The summed E-state index contributed by atoms with van der Waals surface area (Å²) in [6.07, 6.45) is 7.02. The molecule has 1 aromatic rings. The van der Waals surface area contributed by atoms with E-state index < -0.39 is 0 Å². The largest absolute Gasteiger partial charge is 0.355 e. The summed E-state index contributed by atoms with van der Waals surface area (Å²) in [5, 5.41) is 6.78. The minimum Gasteiger partial charge on any atom is -0.355 e. The third-order valence-corrected chi connectivity index (χ3v) is 6.18. The van der Waals surface area contributed by atoms with Gasteiger partial charge >= 0.3 is 0 Å². The van der Waals surface area contributed by atoms with E-state index in [4.69, 9.17) is 0 Å². The highest BCUT2D eigenvalue weighted by Gasteiger charge is 2.49. The minimum absolute atomic E-state index is 0. The molecule has 1 saturated heterocycles. The molecular formula is C19H27ClN2O. The van der Waals surface area contributed by atoms with Crippen LogP contribution in [0.4, 0.5) is 0 Å². The molecular weight excluding hydrogens is 308 g/mol. The molecule has 1 amide bonds. The Morgan fingerprint density at radius 3 is 2.70 bits per heavy atom. The van der Waals surface area contributed by atoms with Crippen LogP contribution < -0.4 is 10.6 Å². The number of benzene rings is 1. The van der Waals surface area contributed by atoms with Crippen LogP contribution in [0.25, 0.3) is 0 Å². The monoisotopic (exact) mass is 334 g/mol. The molecule has 3 nitrogen and oxygen atoms in total. The number of halogens is 1. The molecule has 1 saturated carbocycles. The van der Waals surface area contributed by atoms with Gasteiger partial charge in [0.25, 0.3) is 0 Å². The molecule has 0 spiro atoms. The number of hydrogen-bond acceptors (Lipinski definition) is 2. The zero-order valence-electron chi connectivity index (χ0n) is 13.6. The fraction of sp³-hybridized carbons (Fsp3) is 0.632. The summed E-state index contributed by atoms with van der Waals surface area (Å²) in [6, 6.07) is 8.70. The van der Waals surface area contributed by atoms with Crippen molar-refractivity contribution in [2.24, 2.45) is 17.3 Å². The highest BCUT2D eigenvalue weighted by molar-refractivity contribution is 5.85. The van der Waals surface area contributed by atoms with Crippen molar-refractivity contribution < 1.29 is 4.79 Å². The Morgan fingerprint density at radius 2 is 1.96 bits per heavy atom. The highest BCUT2D eigenvalue weighted by Crippen LogP contribution is 2.44. The lowest BCUT2D eigenvalue weighted by atomic mass is 9.67. The van der Waals surface area contributed by atoms with Gasteiger partial charge in [-0.15, -0.1) is 12.4 Å². The van der Waals surface area contributed by atoms with Gasteiger partial charge < -0.3 is 10.6 Å². The van der Waals surface area contributed by atoms with Gasteiger partial charge in [-0.3, -0.25) is 4.79 Å². The number of carbonyl (C=O) groups is 1. The molecule has 1 aliphatic heterocycles. The summed E-state index contributed by atoms with van der Waals surface area (Å²) >= 11 is 0. The molecule has 1 aromatic carbocycles. The van der Waals surface area contributed by atoms with E-state index in [2.05, 4.69) is 34.9 Å². The van der Waals surface area contributed by atoms with Gasteiger partial charge in [0.2, 0.25) is 5.91 Å². The molecule has 2 atom stereocenters. The number of rotatable bonds is 3. The van der Waals surface area contributed by atoms with Crippen LogP contribution in [0.1, 0.15) is 36.8 Å². The SMILES string of the molecule is Cl.O=C(NCC1Cc2ccccc2C1)[C@@]12CCCC[C@H]1CNC2. The number of nitrogens with one attached hydrogen (secondary N) is 2. The topological polar surface area (TPSA) is 41.1 Å². The molecule has 0 unspecified atom stereocenters. The van der Waals surface area contributed by atoms with E-state index in [9.17, 15) is 4.79 Å². The Kier molecular flexibility index (Phi) is 4.98. The average Bonchev–Trinajstić information content (AvgIpc) is 3.16. The minimum atomic E-state index is -0.107. The van der Waals surface area contributed by atoms with Crippen molar-refractivity contribution in [1.29, 1.82) is 0 Å². The maximum atomic E-state index is 12.9. The zero-order chi connectivity index (χ0) is 15.0. The molecule has 2 aliphatic carbocycles. The van der Waals surface area contributed by atoms with Crippen LogP contribution in [-0.2, 0) is 17.6 Å². The Labute approximate surface area is 145 Å². The molecule has 4 heteroatoms. The summed E-state index contributed by atoms with van der Waals surface area (Å²) in [5.41, 5.74) is 2.83. The Balaban J connectivity index is 0.00000156. The third kappa shape index (κ3) is 3.01. The summed E-state index contributed by atoms with van der Waals surface area (Å²) in [4.78, 5) is 12.9. The van der Waals surface area contributed by atoms with Gasteiger partial charge in [0.1, 0.15) is 0 Å². The number of fused-ring (bicyclic) bond motifs is 2. The number of amides is 1. The lowest BCUT2D eigenvalue weighted by molar-refractivity contribution is -0.134. The third-order valence-electron chi connectivity index (χ3n) is 6.18. The number of carbonyl (C=O) groups excluding carboxylic acids is 1. The van der Waals surface area contributed by atoms with E-state index in [0.717, 1.165) is 38.9 Å². The molecule has 1 heterocycles. The summed E-state index contributed by atoms with van der Waals surface area (Å²) in [5.74, 6) is 1.45. The second-order valence-corrected chi connectivity index (χ2v) is 7.48. The van der Waals surface area contributed by atoms with Crippen LogP contribution in [-0.4, -0.2) is 25.5 Å². The van der Waals surface area contributed by atoms with E-state index >= 15 is 0 Å². The lowest BCUT2D eigenvalue weighted by Gasteiger charge is -2.37. The summed E-state index contributed by atoms with van der Waals surface area (Å²) in [6.45, 7) is 2.75. The molecule has 2 N–H and O–H groups in total. The van der Waals surface area contributed by atoms with Crippen molar-refractivity contribution in [3.8, 4) is 0 Å². The van der Waals surface area contributed by atoms with Crippen LogP contribution in [0.2, 0.25) is 0 Å². The molecule has 0 aromatic heterocycles. The van der Waals surface area contributed by atoms with Gasteiger partial charge in [0, 0.05) is 13.1 Å². The molecule has 126 valence electrons. The van der Waals surface area contributed by atoms with Crippen molar-refractivity contribution in [3.05, 3.63) is 35.4 Å². The van der Waals surface area contributed by atoms with Crippen molar-refractivity contribution in [3.63, 3.8) is 0 Å². The molecule has 23 heavy (non-hydrogen) atoms. The van der Waals surface area contributed by atoms with Gasteiger partial charge in [-0.25, -0.2) is 0 Å². The highest BCUT2D eigenvalue weighted by atomic mass is 35.5. The van der Waals surface area contributed by atoms with Crippen molar-refractivity contribution in [2.75, 3.05) is 19.6 Å². The van der Waals surface area contributed by atoms with Crippen LogP contribution in [0.5, 0.6) is 0 Å². The van der Waals surface area contributed by atoms with Crippen molar-refractivity contribution >= 4 is 18.3 Å². The normalized spacial score (nSPS) is 29.5. The molecule has 2 fully saturated rings. The smallest absolute Gasteiger partial charge is 0.227 e. The predicted molar refractivity (Wildman–Crippen MR) is 94.9 cm³/mol. The van der Waals surface area contributed by atoms with Crippen molar-refractivity contribution in [1.82, 2.24) is 10.6 Å². The van der Waals surface area contributed by atoms with Gasteiger partial charge in [-0.05, 0) is 55.2 Å². The average molecular weight is 335 g/mol. The molecule has 0 radical (unpaired) electrons. The van der Waals surface area contributed by atoms with Crippen LogP contribution in [0.3, 0.4) is 0 Å². The van der Waals surface area contributed by atoms with E-state index in [0.29, 0.717) is 17.7 Å². The van der Waals surface area contributed by atoms with Gasteiger partial charge in [0.15, 0.2) is 0 Å². The number of hydrogen-bond donors (Lipinski definition) is 2. The van der Waals surface area contributed by atoms with E-state index in [1.54, 1.807) is 0 Å². The van der Waals surface area contributed by atoms with E-state index in [-0.39, 0.29) is 17.8 Å². The maximum absolute atomic E-state index is 12.9. The van der Waals surface area contributed by atoms with Gasteiger partial charge in [0.05, 0.1) is 5.41 Å². The first kappa shape index (κ1) is 16.8. The second kappa shape index (κ2) is 6.82. The summed E-state index contributed by atoms with van der Waals surface area (Å²) in [7, 11) is 0. The van der Waals surface area contributed by atoms with Gasteiger partial charge in [-0.2, -0.15) is 0 Å². The second-order valence-electron chi connectivity index (χ2n) is 7.48. The quantitative estimate of drug-likeness (QED) is 0.892. The zero-order valence-corrected chi connectivity index (χ0v) is 14.5. The fourth-order valence-corrected chi connectivity index (χ4v) is 4.90. The maximum Gasteiger partial charge on any atom is 0.227 e. The first-order valence-electron chi connectivity index (χ1n) is 8.84. The Bertz CT molecular complexity index is 551. The summed E-state index contributed by atoms with van der Waals surface area (Å²) < 4.78 is 0.